The third-order valence-electron chi connectivity index (χ3n) is 11.2. The van der Waals surface area contributed by atoms with Gasteiger partial charge in [0.1, 0.15) is 5.75 Å². The Morgan fingerprint density at radius 3 is 2.02 bits per heavy atom. The van der Waals surface area contributed by atoms with Crippen LogP contribution >= 0.6 is 0 Å². The molecule has 4 aliphatic heterocycles. The van der Waals surface area contributed by atoms with Crippen molar-refractivity contribution in [3.63, 3.8) is 0 Å². The lowest BCUT2D eigenvalue weighted by Gasteiger charge is -2.40. The molecule has 0 bridgehead atoms. The average molecular weight is 686 g/mol. The summed E-state index contributed by atoms with van der Waals surface area (Å²) in [4.78, 5) is 2.37. The molecule has 5 aliphatic rings. The molecular weight excluding hydrogens is 650 g/mol. The van der Waals surface area contributed by atoms with E-state index >= 15 is 0 Å². The zero-order valence-electron chi connectivity index (χ0n) is 28.5. The maximum Gasteiger partial charge on any atom is 0.231 e. The zero-order valence-corrected chi connectivity index (χ0v) is 28.5. The number of hydrogen-bond acceptors (Lipinski definition) is 7. The smallest absolute Gasteiger partial charge is 0.231 e. The van der Waals surface area contributed by atoms with Crippen LogP contribution in [0.2, 0.25) is 0 Å². The summed E-state index contributed by atoms with van der Waals surface area (Å²) in [6, 6.07) is 40.5. The van der Waals surface area contributed by atoms with Gasteiger partial charge in [-0.1, -0.05) is 97.1 Å². The second-order valence-corrected chi connectivity index (χ2v) is 13.8. The van der Waals surface area contributed by atoms with Gasteiger partial charge in [-0.2, -0.15) is 0 Å². The normalized spacial score (nSPS) is 20.5. The number of anilines is 1. The molecule has 256 valence electrons. The lowest BCUT2D eigenvalue weighted by atomic mass is 9.79. The summed E-state index contributed by atoms with van der Waals surface area (Å²) in [5.41, 5.74) is 9.47. The summed E-state index contributed by atoms with van der Waals surface area (Å²) >= 11 is 0. The number of hydrogen-bond donors (Lipinski definition) is 0. The standard InChI is InChI=1S/C45H35NO6/c1-2-8-29(9-3-1)44(30-14-16-31(17-15-30)46-20-22-47-23-21-46)19-18-35-42-41(36-26-39-40(49-28-48-39)27-37(36)43(35)52-44)34-12-5-4-10-32(34)33-11-6-7-13-38(33)45(42)50-24-25-51-45/h1-19,26-27H,20-25,28H2. The van der Waals surface area contributed by atoms with Gasteiger partial charge in [0.2, 0.25) is 12.6 Å². The highest BCUT2D eigenvalue weighted by atomic mass is 16.7. The molecule has 11 rings (SSSR count). The predicted molar refractivity (Wildman–Crippen MR) is 200 cm³/mol. The third kappa shape index (κ3) is 4.24. The largest absolute Gasteiger partial charge is 0.472 e. The van der Waals surface area contributed by atoms with Crippen molar-refractivity contribution >= 4 is 22.5 Å². The molecule has 0 amide bonds. The molecule has 1 unspecified atom stereocenters. The number of nitrogens with zero attached hydrogens (tertiary/aromatic N) is 1. The second-order valence-electron chi connectivity index (χ2n) is 13.8. The first-order valence-corrected chi connectivity index (χ1v) is 18.0. The van der Waals surface area contributed by atoms with Crippen LogP contribution < -0.4 is 19.1 Å². The molecule has 52 heavy (non-hydrogen) atoms. The highest BCUT2D eigenvalue weighted by molar-refractivity contribution is 6.10. The first-order valence-electron chi connectivity index (χ1n) is 18.0. The van der Waals surface area contributed by atoms with Crippen LogP contribution in [0.1, 0.15) is 27.8 Å². The van der Waals surface area contributed by atoms with Gasteiger partial charge < -0.3 is 33.3 Å². The van der Waals surface area contributed by atoms with Gasteiger partial charge in [-0.15, -0.1) is 0 Å². The Morgan fingerprint density at radius 2 is 1.25 bits per heavy atom. The van der Waals surface area contributed by atoms with Gasteiger partial charge in [0.15, 0.2) is 17.1 Å². The summed E-state index contributed by atoms with van der Waals surface area (Å²) in [5.74, 6) is 0.975. The van der Waals surface area contributed by atoms with Crippen molar-refractivity contribution in [2.24, 2.45) is 0 Å². The Balaban J connectivity index is 1.22. The molecule has 0 N–H and O–H groups in total. The second kappa shape index (κ2) is 11.5. The van der Waals surface area contributed by atoms with Crippen LogP contribution in [0, 0.1) is 0 Å². The van der Waals surface area contributed by atoms with Crippen molar-refractivity contribution in [1.29, 1.82) is 0 Å². The van der Waals surface area contributed by atoms with E-state index in [9.17, 15) is 0 Å². The fraction of sp³-hybridized carbons (Fsp3) is 0.200. The topological polar surface area (TPSA) is 58.6 Å². The number of ether oxygens (including phenoxy) is 6. The molecule has 1 atom stereocenters. The molecule has 4 heterocycles. The van der Waals surface area contributed by atoms with Crippen LogP contribution in [0.15, 0.2) is 121 Å². The van der Waals surface area contributed by atoms with Gasteiger partial charge in [-0.3, -0.25) is 0 Å². The van der Waals surface area contributed by atoms with E-state index in [4.69, 9.17) is 28.4 Å². The van der Waals surface area contributed by atoms with Gasteiger partial charge >= 0.3 is 0 Å². The molecule has 0 aromatic heterocycles. The Kier molecular flexibility index (Phi) is 6.62. The van der Waals surface area contributed by atoms with E-state index in [-0.39, 0.29) is 6.79 Å². The van der Waals surface area contributed by atoms with Gasteiger partial charge in [-0.05, 0) is 52.4 Å². The highest BCUT2D eigenvalue weighted by Crippen LogP contribution is 2.59. The molecule has 7 heteroatoms. The number of morpholine rings is 1. The minimum atomic E-state index is -1.17. The van der Waals surface area contributed by atoms with E-state index in [1.165, 1.54) is 5.69 Å². The van der Waals surface area contributed by atoms with E-state index < -0.39 is 11.4 Å². The van der Waals surface area contributed by atoms with Crippen molar-refractivity contribution in [1.82, 2.24) is 0 Å². The monoisotopic (exact) mass is 685 g/mol. The van der Waals surface area contributed by atoms with E-state index in [1.54, 1.807) is 0 Å². The molecule has 7 nitrogen and oxygen atoms in total. The summed E-state index contributed by atoms with van der Waals surface area (Å²) < 4.78 is 39.0. The summed E-state index contributed by atoms with van der Waals surface area (Å²) in [6.45, 7) is 4.31. The lowest BCUT2D eigenvalue weighted by Crippen LogP contribution is -2.37. The molecule has 2 saturated heterocycles. The number of rotatable bonds is 3. The molecule has 6 aromatic rings. The molecule has 6 aromatic carbocycles. The van der Waals surface area contributed by atoms with Gasteiger partial charge in [-0.25, -0.2) is 0 Å². The van der Waals surface area contributed by atoms with Gasteiger partial charge in [0.25, 0.3) is 0 Å². The maximum atomic E-state index is 7.61. The summed E-state index contributed by atoms with van der Waals surface area (Å²) in [6.07, 6.45) is 4.44. The SMILES string of the molecule is C1=CC(c2ccccc2)(c2ccc(N3CCOCC3)cc2)Oc2c1c1c(c3cc4c(cc23)OCO4)-c2ccccc2-c2ccccc2C12OCCO2. The zero-order chi connectivity index (χ0) is 34.3. The van der Waals surface area contributed by atoms with E-state index in [2.05, 4.69) is 126 Å². The third-order valence-corrected chi connectivity index (χ3v) is 11.2. The summed E-state index contributed by atoms with van der Waals surface area (Å²) in [7, 11) is 0. The van der Waals surface area contributed by atoms with Crippen molar-refractivity contribution in [2.75, 3.05) is 51.2 Å². The predicted octanol–water partition coefficient (Wildman–Crippen LogP) is 8.65. The van der Waals surface area contributed by atoms with Crippen molar-refractivity contribution in [3.8, 4) is 39.5 Å². The Bertz CT molecular complexity index is 2410. The minimum absolute atomic E-state index is 0.165. The van der Waals surface area contributed by atoms with Crippen molar-refractivity contribution < 1.29 is 28.4 Å². The van der Waals surface area contributed by atoms with Gasteiger partial charge in [0.05, 0.1) is 26.4 Å². The number of fused-ring (bicyclic) bond motifs is 13. The van der Waals surface area contributed by atoms with Crippen LogP contribution in [-0.4, -0.2) is 46.3 Å². The first kappa shape index (κ1) is 30.1. The van der Waals surface area contributed by atoms with Crippen LogP contribution in [0.25, 0.3) is 39.1 Å². The molecular formula is C45H35NO6. The minimum Gasteiger partial charge on any atom is -0.472 e. The van der Waals surface area contributed by atoms with Crippen LogP contribution in [0.4, 0.5) is 5.69 Å². The average Bonchev–Trinajstić information content (AvgIpc) is 3.89. The van der Waals surface area contributed by atoms with E-state index in [1.807, 2.05) is 6.07 Å². The Hall–Kier alpha value is -5.60. The molecule has 2 fully saturated rings. The fourth-order valence-electron chi connectivity index (χ4n) is 8.84. The Morgan fingerprint density at radius 1 is 0.596 bits per heavy atom. The summed E-state index contributed by atoms with van der Waals surface area (Å²) in [5, 5.41) is 1.91. The quantitative estimate of drug-likeness (QED) is 0.185. The van der Waals surface area contributed by atoms with Crippen LogP contribution in [-0.2, 0) is 25.6 Å². The molecule has 0 radical (unpaired) electrons. The van der Waals surface area contributed by atoms with E-state index in [0.717, 1.165) is 92.9 Å². The Labute approximate surface area is 301 Å². The fourth-order valence-corrected chi connectivity index (χ4v) is 8.84. The lowest BCUT2D eigenvalue weighted by molar-refractivity contribution is -0.129. The van der Waals surface area contributed by atoms with Crippen LogP contribution in [0.5, 0.6) is 17.2 Å². The van der Waals surface area contributed by atoms with E-state index in [0.29, 0.717) is 24.7 Å². The first-order chi connectivity index (χ1) is 25.7. The van der Waals surface area contributed by atoms with Crippen molar-refractivity contribution in [2.45, 2.75) is 11.4 Å². The van der Waals surface area contributed by atoms with Gasteiger partial charge in [0, 0.05) is 57.5 Å². The molecule has 1 spiro atoms. The van der Waals surface area contributed by atoms with Crippen molar-refractivity contribution in [3.05, 3.63) is 149 Å². The molecule has 1 aliphatic carbocycles. The molecule has 0 saturated carbocycles. The van der Waals surface area contributed by atoms with Crippen LogP contribution in [0.3, 0.4) is 0 Å². The number of benzene rings is 6. The highest BCUT2D eigenvalue weighted by Gasteiger charge is 2.50. The maximum absolute atomic E-state index is 7.61.